The summed E-state index contributed by atoms with van der Waals surface area (Å²) in [5, 5.41) is 5.72. The number of rotatable bonds is 6. The Labute approximate surface area is 144 Å². The van der Waals surface area contributed by atoms with Crippen LogP contribution in [-0.4, -0.2) is 22.5 Å². The molecule has 0 bridgehead atoms. The first kappa shape index (κ1) is 16.1. The van der Waals surface area contributed by atoms with Crippen molar-refractivity contribution in [1.82, 2.24) is 15.3 Å². The summed E-state index contributed by atoms with van der Waals surface area (Å²) in [5.74, 6) is 0.628. The second kappa shape index (κ2) is 7.70. The van der Waals surface area contributed by atoms with Crippen molar-refractivity contribution in [3.63, 3.8) is 0 Å². The average molecular weight is 339 g/mol. The molecule has 0 spiro atoms. The third-order valence-electron chi connectivity index (χ3n) is 3.32. The van der Waals surface area contributed by atoms with Gasteiger partial charge in [0.15, 0.2) is 0 Å². The molecule has 0 radical (unpaired) electrons. The molecule has 0 saturated heterocycles. The van der Waals surface area contributed by atoms with Crippen molar-refractivity contribution >= 4 is 17.2 Å². The van der Waals surface area contributed by atoms with Gasteiger partial charge in [-0.1, -0.05) is 0 Å². The number of pyridine rings is 1. The summed E-state index contributed by atoms with van der Waals surface area (Å²) < 4.78 is 5.37. The molecule has 0 fully saturated rings. The second-order valence-electron chi connectivity index (χ2n) is 5.03. The van der Waals surface area contributed by atoms with Crippen LogP contribution in [0.3, 0.4) is 0 Å². The van der Waals surface area contributed by atoms with Crippen LogP contribution in [-0.2, 0) is 6.54 Å². The Hall–Kier alpha value is -2.73. The lowest BCUT2D eigenvalue weighted by Crippen LogP contribution is -2.22. The molecule has 0 unspecified atom stereocenters. The third-order valence-corrected chi connectivity index (χ3v) is 4.26. The fourth-order valence-corrected chi connectivity index (χ4v) is 2.96. The molecular weight excluding hydrogens is 322 g/mol. The monoisotopic (exact) mass is 339 g/mol. The van der Waals surface area contributed by atoms with Crippen LogP contribution >= 0.6 is 11.3 Å². The van der Waals surface area contributed by atoms with E-state index in [0.29, 0.717) is 18.7 Å². The molecule has 2 aromatic heterocycles. The molecule has 0 atom stereocenters. The van der Waals surface area contributed by atoms with Crippen molar-refractivity contribution in [2.45, 2.75) is 13.5 Å². The van der Waals surface area contributed by atoms with E-state index in [1.165, 1.54) is 11.3 Å². The third kappa shape index (κ3) is 3.97. The van der Waals surface area contributed by atoms with Gasteiger partial charge in [0.25, 0.3) is 5.91 Å². The Kier molecular flexibility index (Phi) is 5.18. The Morgan fingerprint density at radius 2 is 2.08 bits per heavy atom. The van der Waals surface area contributed by atoms with Gasteiger partial charge in [-0.2, -0.15) is 0 Å². The molecule has 24 heavy (non-hydrogen) atoms. The number of hydrogen-bond donors (Lipinski definition) is 1. The van der Waals surface area contributed by atoms with E-state index in [1.54, 1.807) is 36.7 Å². The van der Waals surface area contributed by atoms with E-state index in [4.69, 9.17) is 4.74 Å². The van der Waals surface area contributed by atoms with E-state index in [1.807, 2.05) is 24.4 Å². The Balaban J connectivity index is 1.59. The fraction of sp³-hybridized carbons (Fsp3) is 0.167. The highest BCUT2D eigenvalue weighted by atomic mass is 32.1. The molecule has 122 valence electrons. The van der Waals surface area contributed by atoms with E-state index in [-0.39, 0.29) is 5.91 Å². The lowest BCUT2D eigenvalue weighted by molar-refractivity contribution is 0.0950. The highest BCUT2D eigenvalue weighted by Gasteiger charge is 2.08. The van der Waals surface area contributed by atoms with Crippen molar-refractivity contribution in [2.75, 3.05) is 6.61 Å². The van der Waals surface area contributed by atoms with Crippen LogP contribution in [0.4, 0.5) is 0 Å². The Morgan fingerprint density at radius 1 is 1.25 bits per heavy atom. The maximum absolute atomic E-state index is 12.2. The number of carbonyl (C=O) groups is 1. The average Bonchev–Trinajstić information content (AvgIpc) is 3.10. The van der Waals surface area contributed by atoms with E-state index >= 15 is 0 Å². The van der Waals surface area contributed by atoms with Gasteiger partial charge in [-0.3, -0.25) is 9.78 Å². The van der Waals surface area contributed by atoms with Gasteiger partial charge in [0, 0.05) is 28.9 Å². The summed E-state index contributed by atoms with van der Waals surface area (Å²) >= 11 is 1.54. The van der Waals surface area contributed by atoms with Crippen molar-refractivity contribution in [3.05, 3.63) is 65.4 Å². The molecule has 6 heteroatoms. The maximum atomic E-state index is 12.2. The minimum Gasteiger partial charge on any atom is -0.494 e. The van der Waals surface area contributed by atoms with E-state index in [2.05, 4.69) is 15.3 Å². The normalized spacial score (nSPS) is 10.4. The minimum absolute atomic E-state index is 0.131. The molecule has 3 rings (SSSR count). The summed E-state index contributed by atoms with van der Waals surface area (Å²) in [6, 6.07) is 10.9. The SMILES string of the molecule is CCOc1ccc(C(=O)NCc2csc(-c3cccnc3)n2)cc1. The van der Waals surface area contributed by atoms with Crippen molar-refractivity contribution in [1.29, 1.82) is 0 Å². The van der Waals surface area contributed by atoms with Crippen molar-refractivity contribution < 1.29 is 9.53 Å². The number of hydrogen-bond acceptors (Lipinski definition) is 5. The number of benzene rings is 1. The second-order valence-corrected chi connectivity index (χ2v) is 5.88. The molecular formula is C18H17N3O2S. The quantitative estimate of drug-likeness (QED) is 0.746. The first-order chi connectivity index (χ1) is 11.8. The van der Waals surface area contributed by atoms with Crippen molar-refractivity contribution in [3.8, 4) is 16.3 Å². The zero-order valence-corrected chi connectivity index (χ0v) is 14.0. The predicted molar refractivity (Wildman–Crippen MR) is 94.1 cm³/mol. The van der Waals surface area contributed by atoms with Crippen LogP contribution in [0.25, 0.3) is 10.6 Å². The van der Waals surface area contributed by atoms with Crippen LogP contribution in [0.15, 0.2) is 54.2 Å². The van der Waals surface area contributed by atoms with Gasteiger partial charge in [-0.25, -0.2) is 4.98 Å². The van der Waals surface area contributed by atoms with Gasteiger partial charge in [0.05, 0.1) is 18.8 Å². The molecule has 0 aliphatic rings. The number of nitrogens with zero attached hydrogens (tertiary/aromatic N) is 2. The number of thiazole rings is 1. The minimum atomic E-state index is -0.131. The van der Waals surface area contributed by atoms with Crippen LogP contribution < -0.4 is 10.1 Å². The Bertz CT molecular complexity index is 801. The number of aromatic nitrogens is 2. The number of ether oxygens (including phenoxy) is 1. The van der Waals surface area contributed by atoms with Gasteiger partial charge in [0.2, 0.25) is 0 Å². The number of amides is 1. The predicted octanol–water partition coefficient (Wildman–Crippen LogP) is 3.53. The van der Waals surface area contributed by atoms with Crippen LogP contribution in [0, 0.1) is 0 Å². The molecule has 1 amide bonds. The van der Waals surface area contributed by atoms with Crippen molar-refractivity contribution in [2.24, 2.45) is 0 Å². The van der Waals surface area contributed by atoms with Crippen LogP contribution in [0.2, 0.25) is 0 Å². The summed E-state index contributed by atoms with van der Waals surface area (Å²) in [7, 11) is 0. The molecule has 0 saturated carbocycles. The number of carbonyl (C=O) groups excluding carboxylic acids is 1. The summed E-state index contributed by atoms with van der Waals surface area (Å²) in [5.41, 5.74) is 2.41. The highest BCUT2D eigenvalue weighted by Crippen LogP contribution is 2.22. The van der Waals surface area contributed by atoms with Gasteiger partial charge in [0.1, 0.15) is 10.8 Å². The van der Waals surface area contributed by atoms with Gasteiger partial charge >= 0.3 is 0 Å². The van der Waals surface area contributed by atoms with Gasteiger partial charge < -0.3 is 10.1 Å². The van der Waals surface area contributed by atoms with Gasteiger partial charge in [-0.15, -0.1) is 11.3 Å². The van der Waals surface area contributed by atoms with E-state index in [0.717, 1.165) is 22.0 Å². The van der Waals surface area contributed by atoms with Crippen LogP contribution in [0.1, 0.15) is 23.0 Å². The fourth-order valence-electron chi connectivity index (χ4n) is 2.15. The van der Waals surface area contributed by atoms with Gasteiger partial charge in [-0.05, 0) is 43.3 Å². The lowest BCUT2D eigenvalue weighted by Gasteiger charge is -2.05. The van der Waals surface area contributed by atoms with E-state index in [9.17, 15) is 4.79 Å². The molecule has 0 aliphatic carbocycles. The first-order valence-electron chi connectivity index (χ1n) is 7.62. The molecule has 5 nitrogen and oxygen atoms in total. The first-order valence-corrected chi connectivity index (χ1v) is 8.50. The number of nitrogens with one attached hydrogen (secondary N) is 1. The maximum Gasteiger partial charge on any atom is 0.251 e. The Morgan fingerprint density at radius 3 is 2.79 bits per heavy atom. The zero-order valence-electron chi connectivity index (χ0n) is 13.2. The summed E-state index contributed by atoms with van der Waals surface area (Å²) in [6.07, 6.45) is 3.51. The van der Waals surface area contributed by atoms with Crippen LogP contribution in [0.5, 0.6) is 5.75 Å². The molecule has 3 aromatic rings. The molecule has 1 N–H and O–H groups in total. The largest absolute Gasteiger partial charge is 0.494 e. The summed E-state index contributed by atoms with van der Waals surface area (Å²) in [6.45, 7) is 2.92. The molecule has 0 aliphatic heterocycles. The zero-order chi connectivity index (χ0) is 16.8. The smallest absolute Gasteiger partial charge is 0.251 e. The molecule has 2 heterocycles. The molecule has 1 aromatic carbocycles. The highest BCUT2D eigenvalue weighted by molar-refractivity contribution is 7.13. The van der Waals surface area contributed by atoms with E-state index < -0.39 is 0 Å². The topological polar surface area (TPSA) is 64.1 Å². The standard InChI is InChI=1S/C18H17N3O2S/c1-2-23-16-7-5-13(6-8-16)17(22)20-11-15-12-24-18(21-15)14-4-3-9-19-10-14/h3-10,12H,2,11H2,1H3,(H,20,22). The lowest BCUT2D eigenvalue weighted by atomic mass is 10.2. The summed E-state index contributed by atoms with van der Waals surface area (Å²) in [4.78, 5) is 20.8.